The SMILES string of the molecule is CCS(=O)(=O)N1CCC[C@H](C(=O)NCCCc2ccc(F)cc2)C1. The average Bonchev–Trinajstić information content (AvgIpc) is 2.60. The Bertz CT molecular complexity index is 646. The van der Waals surface area contributed by atoms with Gasteiger partial charge < -0.3 is 5.32 Å². The largest absolute Gasteiger partial charge is 0.356 e. The summed E-state index contributed by atoms with van der Waals surface area (Å²) in [4.78, 5) is 12.2. The Kier molecular flexibility index (Phi) is 6.74. The number of hydrogen-bond acceptors (Lipinski definition) is 3. The topological polar surface area (TPSA) is 66.5 Å². The van der Waals surface area contributed by atoms with Crippen LogP contribution in [0.25, 0.3) is 0 Å². The van der Waals surface area contributed by atoms with Gasteiger partial charge in [-0.25, -0.2) is 17.1 Å². The molecule has 0 saturated carbocycles. The molecule has 0 aromatic heterocycles. The molecule has 1 fully saturated rings. The third-order valence-electron chi connectivity index (χ3n) is 4.37. The molecule has 2 rings (SSSR count). The van der Waals surface area contributed by atoms with Gasteiger partial charge in [0.2, 0.25) is 15.9 Å². The predicted octanol–water partition coefficient (Wildman–Crippen LogP) is 1.94. The quantitative estimate of drug-likeness (QED) is 0.759. The number of halogens is 1. The maximum Gasteiger partial charge on any atom is 0.224 e. The lowest BCUT2D eigenvalue weighted by molar-refractivity contribution is -0.126. The molecule has 1 N–H and O–H groups in total. The lowest BCUT2D eigenvalue weighted by Gasteiger charge is -2.30. The first-order valence-corrected chi connectivity index (χ1v) is 10.0. The van der Waals surface area contributed by atoms with Gasteiger partial charge in [0.05, 0.1) is 11.7 Å². The summed E-state index contributed by atoms with van der Waals surface area (Å²) in [6, 6.07) is 6.34. The van der Waals surface area contributed by atoms with E-state index < -0.39 is 10.0 Å². The fraction of sp³-hybridized carbons (Fsp3) is 0.588. The van der Waals surface area contributed by atoms with Crippen molar-refractivity contribution < 1.29 is 17.6 Å². The van der Waals surface area contributed by atoms with Crippen molar-refractivity contribution in [1.82, 2.24) is 9.62 Å². The van der Waals surface area contributed by atoms with E-state index in [-0.39, 0.29) is 29.9 Å². The molecule has 0 unspecified atom stereocenters. The Morgan fingerprint density at radius 2 is 2.04 bits per heavy atom. The molecule has 0 radical (unpaired) electrons. The van der Waals surface area contributed by atoms with E-state index >= 15 is 0 Å². The molecule has 24 heavy (non-hydrogen) atoms. The van der Waals surface area contributed by atoms with Crippen molar-refractivity contribution in [2.75, 3.05) is 25.4 Å². The Hall–Kier alpha value is -1.47. The molecule has 5 nitrogen and oxygen atoms in total. The van der Waals surface area contributed by atoms with Gasteiger partial charge >= 0.3 is 0 Å². The van der Waals surface area contributed by atoms with Crippen LogP contribution in [-0.4, -0.2) is 44.0 Å². The van der Waals surface area contributed by atoms with Crippen molar-refractivity contribution in [2.24, 2.45) is 5.92 Å². The number of piperidine rings is 1. The molecule has 1 aliphatic heterocycles. The van der Waals surface area contributed by atoms with Crippen molar-refractivity contribution in [3.8, 4) is 0 Å². The summed E-state index contributed by atoms with van der Waals surface area (Å²) in [5.74, 6) is -0.536. The normalized spacial score (nSPS) is 19.2. The van der Waals surface area contributed by atoms with E-state index in [0.29, 0.717) is 19.5 Å². The number of nitrogens with one attached hydrogen (secondary N) is 1. The summed E-state index contributed by atoms with van der Waals surface area (Å²) in [5, 5.41) is 2.89. The molecule has 1 aromatic rings. The summed E-state index contributed by atoms with van der Waals surface area (Å²) in [5.41, 5.74) is 1.03. The molecule has 1 amide bonds. The molecule has 1 saturated heterocycles. The van der Waals surface area contributed by atoms with Gasteiger partial charge in [-0.15, -0.1) is 0 Å². The van der Waals surface area contributed by atoms with E-state index in [4.69, 9.17) is 0 Å². The number of rotatable bonds is 7. The van der Waals surface area contributed by atoms with Crippen LogP contribution in [0.2, 0.25) is 0 Å². The minimum absolute atomic E-state index is 0.0685. The lowest BCUT2D eigenvalue weighted by atomic mass is 9.99. The van der Waals surface area contributed by atoms with Gasteiger partial charge in [0.15, 0.2) is 0 Å². The van der Waals surface area contributed by atoms with Crippen molar-refractivity contribution in [3.05, 3.63) is 35.6 Å². The van der Waals surface area contributed by atoms with Crippen LogP contribution in [0.4, 0.5) is 4.39 Å². The van der Waals surface area contributed by atoms with Crippen LogP contribution in [0.1, 0.15) is 31.7 Å². The van der Waals surface area contributed by atoms with Crippen molar-refractivity contribution in [3.63, 3.8) is 0 Å². The highest BCUT2D eigenvalue weighted by Crippen LogP contribution is 2.19. The first-order valence-electron chi connectivity index (χ1n) is 8.42. The highest BCUT2D eigenvalue weighted by molar-refractivity contribution is 7.89. The van der Waals surface area contributed by atoms with Crippen LogP contribution in [0.15, 0.2) is 24.3 Å². The fourth-order valence-corrected chi connectivity index (χ4v) is 4.07. The summed E-state index contributed by atoms with van der Waals surface area (Å²) in [6.07, 6.45) is 2.97. The smallest absolute Gasteiger partial charge is 0.224 e. The van der Waals surface area contributed by atoms with E-state index in [1.807, 2.05) is 0 Å². The van der Waals surface area contributed by atoms with Crippen LogP contribution in [0.5, 0.6) is 0 Å². The van der Waals surface area contributed by atoms with Crippen LogP contribution in [0.3, 0.4) is 0 Å². The number of sulfonamides is 1. The van der Waals surface area contributed by atoms with E-state index in [2.05, 4.69) is 5.32 Å². The maximum absolute atomic E-state index is 12.8. The van der Waals surface area contributed by atoms with Gasteiger partial charge in [-0.1, -0.05) is 12.1 Å². The zero-order valence-electron chi connectivity index (χ0n) is 14.0. The highest BCUT2D eigenvalue weighted by atomic mass is 32.2. The molecule has 1 aliphatic rings. The first kappa shape index (κ1) is 18.9. The van der Waals surface area contributed by atoms with Gasteiger partial charge in [-0.05, 0) is 50.3 Å². The molecule has 134 valence electrons. The molecule has 0 bridgehead atoms. The van der Waals surface area contributed by atoms with Crippen molar-refractivity contribution in [1.29, 1.82) is 0 Å². The molecule has 0 aliphatic carbocycles. The van der Waals surface area contributed by atoms with E-state index in [1.54, 1.807) is 19.1 Å². The second-order valence-electron chi connectivity index (χ2n) is 6.12. The zero-order chi connectivity index (χ0) is 17.6. The van der Waals surface area contributed by atoms with E-state index in [0.717, 1.165) is 24.8 Å². The number of carbonyl (C=O) groups excluding carboxylic acids is 1. The number of aryl methyl sites for hydroxylation is 1. The Morgan fingerprint density at radius 1 is 1.33 bits per heavy atom. The summed E-state index contributed by atoms with van der Waals surface area (Å²) in [6.45, 7) is 2.94. The van der Waals surface area contributed by atoms with Crippen molar-refractivity contribution in [2.45, 2.75) is 32.6 Å². The van der Waals surface area contributed by atoms with Crippen LogP contribution >= 0.6 is 0 Å². The van der Waals surface area contributed by atoms with Gasteiger partial charge in [-0.2, -0.15) is 0 Å². The van der Waals surface area contributed by atoms with Gasteiger partial charge in [0.25, 0.3) is 0 Å². The third-order valence-corrected chi connectivity index (χ3v) is 6.22. The number of nitrogens with zero attached hydrogens (tertiary/aromatic N) is 1. The molecule has 1 aromatic carbocycles. The minimum Gasteiger partial charge on any atom is -0.356 e. The van der Waals surface area contributed by atoms with Crippen LogP contribution in [0, 0.1) is 11.7 Å². The van der Waals surface area contributed by atoms with Crippen molar-refractivity contribution >= 4 is 15.9 Å². The standard InChI is InChI=1S/C17H25FN2O3S/c1-2-24(22,23)20-12-4-6-15(13-20)17(21)19-11-3-5-14-7-9-16(18)10-8-14/h7-10,15H,2-6,11-13H2,1H3,(H,19,21)/t15-/m0/s1. The minimum atomic E-state index is -3.23. The molecular formula is C17H25FN2O3S. The number of amides is 1. The molecule has 1 heterocycles. The first-order chi connectivity index (χ1) is 11.4. The monoisotopic (exact) mass is 356 g/mol. The second kappa shape index (κ2) is 8.58. The summed E-state index contributed by atoms with van der Waals surface area (Å²) >= 11 is 0. The Labute approximate surface area is 143 Å². The lowest BCUT2D eigenvalue weighted by Crippen LogP contribution is -2.46. The molecule has 7 heteroatoms. The van der Waals surface area contributed by atoms with Gasteiger partial charge in [0.1, 0.15) is 5.82 Å². The number of benzene rings is 1. The highest BCUT2D eigenvalue weighted by Gasteiger charge is 2.31. The fourth-order valence-electron chi connectivity index (χ4n) is 2.89. The van der Waals surface area contributed by atoms with Crippen LogP contribution < -0.4 is 5.32 Å². The van der Waals surface area contributed by atoms with E-state index in [9.17, 15) is 17.6 Å². The van der Waals surface area contributed by atoms with E-state index in [1.165, 1.54) is 16.4 Å². The predicted molar refractivity (Wildman–Crippen MR) is 91.5 cm³/mol. The van der Waals surface area contributed by atoms with Gasteiger partial charge in [0, 0.05) is 19.6 Å². The third kappa shape index (κ3) is 5.27. The molecule has 0 spiro atoms. The summed E-state index contributed by atoms with van der Waals surface area (Å²) in [7, 11) is -3.23. The van der Waals surface area contributed by atoms with Gasteiger partial charge in [-0.3, -0.25) is 4.79 Å². The maximum atomic E-state index is 12.8. The Morgan fingerprint density at radius 3 is 2.71 bits per heavy atom. The number of carbonyl (C=O) groups is 1. The summed E-state index contributed by atoms with van der Waals surface area (Å²) < 4.78 is 38.1. The Balaban J connectivity index is 1.75. The average molecular weight is 356 g/mol. The van der Waals surface area contributed by atoms with Crippen LogP contribution in [-0.2, 0) is 21.2 Å². The zero-order valence-corrected chi connectivity index (χ0v) is 14.8. The molecule has 1 atom stereocenters. The molecular weight excluding hydrogens is 331 g/mol. The number of hydrogen-bond donors (Lipinski definition) is 1. The second-order valence-corrected chi connectivity index (χ2v) is 8.38.